The minimum absolute atomic E-state index is 0.575. The third-order valence-corrected chi connectivity index (χ3v) is 4.92. The van der Waals surface area contributed by atoms with Crippen molar-refractivity contribution in [1.82, 2.24) is 0 Å². The molecule has 0 saturated carbocycles. The van der Waals surface area contributed by atoms with Crippen molar-refractivity contribution in [2.45, 2.75) is 19.3 Å². The van der Waals surface area contributed by atoms with Crippen molar-refractivity contribution in [3.05, 3.63) is 78.9 Å². The van der Waals surface area contributed by atoms with E-state index < -0.39 is 6.03 Å². The number of urea groups is 1. The predicted octanol–water partition coefficient (Wildman–Crippen LogP) is 5.79. The third kappa shape index (κ3) is 7.46. The Kier molecular flexibility index (Phi) is 8.48. The van der Waals surface area contributed by atoms with Gasteiger partial charge in [0.2, 0.25) is 0 Å². The van der Waals surface area contributed by atoms with Crippen LogP contribution in [0.2, 0.25) is 0 Å². The highest BCUT2D eigenvalue weighted by atomic mass is 32.1. The molecule has 0 aliphatic carbocycles. The van der Waals surface area contributed by atoms with E-state index in [0.29, 0.717) is 24.7 Å². The number of ether oxygens (including phenoxy) is 2. The fourth-order valence-electron chi connectivity index (χ4n) is 2.95. The standard InChI is InChI=1S/C24H27N3O3S/c25-24(28)27(31)21-12-8-14-23(18-21)30-16-6-2-5-15-29-22-13-7-11-20(17-22)26-19-9-3-1-4-10-19/h1,3-4,7-14,17-18,26,31H,2,5-6,15-16H2,(H2,25,28). The fraction of sp³-hybridized carbons (Fsp3) is 0.208. The summed E-state index contributed by atoms with van der Waals surface area (Å²) in [7, 11) is 0. The Morgan fingerprint density at radius 1 is 0.806 bits per heavy atom. The summed E-state index contributed by atoms with van der Waals surface area (Å²) < 4.78 is 12.7. The Morgan fingerprint density at radius 3 is 2.10 bits per heavy atom. The molecule has 3 aromatic carbocycles. The van der Waals surface area contributed by atoms with Crippen molar-refractivity contribution in [1.29, 1.82) is 0 Å². The highest BCUT2D eigenvalue weighted by Gasteiger charge is 2.08. The van der Waals surface area contributed by atoms with Crippen molar-refractivity contribution < 1.29 is 14.3 Å². The van der Waals surface area contributed by atoms with Crippen LogP contribution in [0, 0.1) is 0 Å². The number of rotatable bonds is 11. The lowest BCUT2D eigenvalue weighted by atomic mass is 10.2. The van der Waals surface area contributed by atoms with Crippen LogP contribution in [0.25, 0.3) is 0 Å². The molecule has 162 valence electrons. The van der Waals surface area contributed by atoms with E-state index in [1.165, 1.54) is 0 Å². The molecule has 2 amide bonds. The maximum absolute atomic E-state index is 11.2. The number of unbranched alkanes of at least 4 members (excludes halogenated alkanes) is 2. The van der Waals surface area contributed by atoms with Crippen LogP contribution >= 0.6 is 12.8 Å². The van der Waals surface area contributed by atoms with Gasteiger partial charge in [0.05, 0.1) is 18.9 Å². The highest BCUT2D eigenvalue weighted by molar-refractivity contribution is 7.82. The average Bonchev–Trinajstić information content (AvgIpc) is 2.79. The number of anilines is 3. The minimum atomic E-state index is -0.637. The molecule has 6 nitrogen and oxygen atoms in total. The summed E-state index contributed by atoms with van der Waals surface area (Å²) in [6.45, 7) is 1.24. The van der Waals surface area contributed by atoms with Crippen LogP contribution in [0.1, 0.15) is 19.3 Å². The van der Waals surface area contributed by atoms with Crippen LogP contribution in [0.4, 0.5) is 21.9 Å². The molecule has 0 radical (unpaired) electrons. The molecule has 0 aliphatic rings. The van der Waals surface area contributed by atoms with Gasteiger partial charge in [-0.2, -0.15) is 0 Å². The zero-order valence-corrected chi connectivity index (χ0v) is 18.1. The third-order valence-electron chi connectivity index (χ3n) is 4.49. The normalized spacial score (nSPS) is 10.4. The first-order valence-electron chi connectivity index (χ1n) is 10.2. The molecule has 3 aromatic rings. The van der Waals surface area contributed by atoms with Crippen LogP contribution < -0.4 is 24.8 Å². The van der Waals surface area contributed by atoms with Gasteiger partial charge >= 0.3 is 6.03 Å². The van der Waals surface area contributed by atoms with Crippen molar-refractivity contribution in [2.75, 3.05) is 22.8 Å². The SMILES string of the molecule is NC(=O)N(S)c1cccc(OCCCCCOc2cccc(Nc3ccccc3)c2)c1. The molecular weight excluding hydrogens is 410 g/mol. The van der Waals surface area contributed by atoms with E-state index in [2.05, 4.69) is 18.1 Å². The smallest absolute Gasteiger partial charge is 0.329 e. The summed E-state index contributed by atoms with van der Waals surface area (Å²) in [5.74, 6) is 1.52. The summed E-state index contributed by atoms with van der Waals surface area (Å²) in [6.07, 6.45) is 2.83. The van der Waals surface area contributed by atoms with Crippen LogP contribution in [-0.4, -0.2) is 19.2 Å². The zero-order chi connectivity index (χ0) is 21.9. The first kappa shape index (κ1) is 22.4. The fourth-order valence-corrected chi connectivity index (χ4v) is 3.07. The number of carbonyl (C=O) groups excluding carboxylic acids is 1. The monoisotopic (exact) mass is 437 g/mol. The number of amides is 2. The van der Waals surface area contributed by atoms with Crippen LogP contribution in [0.3, 0.4) is 0 Å². The molecule has 0 unspecified atom stereocenters. The molecule has 0 heterocycles. The molecule has 31 heavy (non-hydrogen) atoms. The molecule has 0 bridgehead atoms. The quantitative estimate of drug-likeness (QED) is 0.262. The molecule has 0 saturated heterocycles. The van der Waals surface area contributed by atoms with Gasteiger partial charge in [-0.15, -0.1) is 0 Å². The number of benzene rings is 3. The molecular formula is C24H27N3O3S. The number of nitrogens with two attached hydrogens (primary N) is 1. The average molecular weight is 438 g/mol. The number of primary amides is 1. The number of thiol groups is 1. The van der Waals surface area contributed by atoms with E-state index in [9.17, 15) is 4.79 Å². The lowest BCUT2D eigenvalue weighted by Gasteiger charge is -2.14. The second kappa shape index (κ2) is 11.8. The van der Waals surface area contributed by atoms with E-state index in [-0.39, 0.29) is 0 Å². The Labute approximate surface area is 188 Å². The van der Waals surface area contributed by atoms with Gasteiger partial charge in [-0.05, 0) is 55.7 Å². The van der Waals surface area contributed by atoms with Gasteiger partial charge in [0.15, 0.2) is 0 Å². The topological polar surface area (TPSA) is 76.8 Å². The lowest BCUT2D eigenvalue weighted by Crippen LogP contribution is -2.27. The summed E-state index contributed by atoms with van der Waals surface area (Å²) in [5, 5.41) is 3.37. The van der Waals surface area contributed by atoms with Gasteiger partial charge in [-0.1, -0.05) is 43.1 Å². The van der Waals surface area contributed by atoms with Gasteiger partial charge in [-0.3, -0.25) is 0 Å². The summed E-state index contributed by atoms with van der Waals surface area (Å²) in [4.78, 5) is 11.2. The number of nitrogens with zero attached hydrogens (tertiary/aromatic N) is 1. The number of hydrogen-bond donors (Lipinski definition) is 3. The van der Waals surface area contributed by atoms with Gasteiger partial charge in [0.25, 0.3) is 0 Å². The summed E-state index contributed by atoms with van der Waals surface area (Å²) in [6, 6.07) is 24.5. The van der Waals surface area contributed by atoms with Crippen molar-refractivity contribution >= 4 is 35.9 Å². The van der Waals surface area contributed by atoms with E-state index in [1.807, 2.05) is 60.7 Å². The van der Waals surface area contributed by atoms with Crippen molar-refractivity contribution in [3.8, 4) is 11.5 Å². The number of nitrogens with one attached hydrogen (secondary N) is 1. The lowest BCUT2D eigenvalue weighted by molar-refractivity contribution is 0.257. The molecule has 0 atom stereocenters. The molecule has 7 heteroatoms. The van der Waals surface area contributed by atoms with Gasteiger partial charge in [0, 0.05) is 23.5 Å². The number of carbonyl (C=O) groups is 1. The predicted molar refractivity (Wildman–Crippen MR) is 128 cm³/mol. The van der Waals surface area contributed by atoms with Crippen molar-refractivity contribution in [3.63, 3.8) is 0 Å². The summed E-state index contributed by atoms with van der Waals surface area (Å²) >= 11 is 4.06. The molecule has 0 spiro atoms. The maximum atomic E-state index is 11.2. The van der Waals surface area contributed by atoms with Gasteiger partial charge < -0.3 is 20.5 Å². The van der Waals surface area contributed by atoms with Crippen molar-refractivity contribution in [2.24, 2.45) is 5.73 Å². The highest BCUT2D eigenvalue weighted by Crippen LogP contribution is 2.23. The van der Waals surface area contributed by atoms with E-state index in [4.69, 9.17) is 15.2 Å². The maximum Gasteiger partial charge on any atom is 0.329 e. The van der Waals surface area contributed by atoms with Crippen LogP contribution in [0.15, 0.2) is 78.9 Å². The number of hydrogen-bond acceptors (Lipinski definition) is 5. The second-order valence-corrected chi connectivity index (χ2v) is 7.32. The zero-order valence-electron chi connectivity index (χ0n) is 17.2. The first-order chi connectivity index (χ1) is 15.1. The molecule has 0 fully saturated rings. The molecule has 3 rings (SSSR count). The van der Waals surface area contributed by atoms with Crippen LogP contribution in [-0.2, 0) is 0 Å². The Morgan fingerprint density at radius 2 is 1.42 bits per heavy atom. The minimum Gasteiger partial charge on any atom is -0.494 e. The Bertz CT molecular complexity index is 969. The van der Waals surface area contributed by atoms with E-state index in [0.717, 1.165) is 40.7 Å². The molecule has 0 aliphatic heterocycles. The second-order valence-electron chi connectivity index (χ2n) is 6.92. The summed E-state index contributed by atoms with van der Waals surface area (Å²) in [5.41, 5.74) is 7.84. The Balaban J connectivity index is 1.33. The van der Waals surface area contributed by atoms with Gasteiger partial charge in [-0.25, -0.2) is 9.10 Å². The van der Waals surface area contributed by atoms with E-state index in [1.54, 1.807) is 18.2 Å². The largest absolute Gasteiger partial charge is 0.494 e. The Hall–Kier alpha value is -3.32. The van der Waals surface area contributed by atoms with Gasteiger partial charge in [0.1, 0.15) is 11.5 Å². The van der Waals surface area contributed by atoms with E-state index >= 15 is 0 Å². The number of para-hydroxylation sites is 1. The first-order valence-corrected chi connectivity index (χ1v) is 10.6. The molecule has 3 N–H and O–H groups in total. The van der Waals surface area contributed by atoms with Crippen LogP contribution in [0.5, 0.6) is 11.5 Å². The molecule has 0 aromatic heterocycles.